The van der Waals surface area contributed by atoms with E-state index in [1.54, 1.807) is 0 Å². The normalized spacial score (nSPS) is 14.6. The van der Waals surface area contributed by atoms with Gasteiger partial charge in [-0.25, -0.2) is 0 Å². The van der Waals surface area contributed by atoms with Crippen LogP contribution in [0.5, 0.6) is 0 Å². The zero-order valence-electron chi connectivity index (χ0n) is 9.36. The van der Waals surface area contributed by atoms with Gasteiger partial charge in [-0.05, 0) is 18.7 Å². The predicted molar refractivity (Wildman–Crippen MR) is 53.9 cm³/mol. The maximum Gasteiger partial charge on any atom is 0.416 e. The molecule has 1 N–H and O–H groups in total. The molecule has 0 spiro atoms. The smallest absolute Gasteiger partial charge is 0.313 e. The molecule has 1 aromatic carbocycles. The Labute approximate surface area is 99.8 Å². The minimum atomic E-state index is -4.67. The minimum absolute atomic E-state index is 0.398. The number of hydrogen-bond donors (Lipinski definition) is 1. The Morgan fingerprint density at radius 3 is 2.06 bits per heavy atom. The number of nitrogens with one attached hydrogen (secondary N) is 1. The Balaban J connectivity index is 3.14. The first kappa shape index (κ1) is 14.8. The van der Waals surface area contributed by atoms with Crippen LogP contribution in [0.3, 0.4) is 0 Å². The topological polar surface area (TPSA) is 12.0 Å². The van der Waals surface area contributed by atoms with Crippen molar-refractivity contribution >= 4 is 0 Å². The Morgan fingerprint density at radius 2 is 1.61 bits per heavy atom. The molecule has 0 fully saturated rings. The van der Waals surface area contributed by atoms with Gasteiger partial charge in [-0.15, -0.1) is 0 Å². The highest BCUT2D eigenvalue weighted by molar-refractivity contribution is 5.32. The summed E-state index contributed by atoms with van der Waals surface area (Å²) in [5.74, 6) is 0. The summed E-state index contributed by atoms with van der Waals surface area (Å²) in [5.41, 5.74) is -1.45. The average Bonchev–Trinajstić information content (AvgIpc) is 2.23. The Hall–Kier alpha value is -1.24. The molecule has 18 heavy (non-hydrogen) atoms. The Morgan fingerprint density at radius 1 is 1.06 bits per heavy atom. The van der Waals surface area contributed by atoms with Crippen molar-refractivity contribution in [2.75, 3.05) is 7.05 Å². The molecule has 0 amide bonds. The molecule has 1 unspecified atom stereocenters. The third-order valence-corrected chi connectivity index (χ3v) is 2.43. The third-order valence-electron chi connectivity index (χ3n) is 2.43. The van der Waals surface area contributed by atoms with Crippen LogP contribution in [0.25, 0.3) is 0 Å². The third kappa shape index (κ3) is 3.90. The van der Waals surface area contributed by atoms with Gasteiger partial charge in [0.05, 0.1) is 12.0 Å². The summed E-state index contributed by atoms with van der Waals surface area (Å²) in [6.45, 7) is 0. The summed E-state index contributed by atoms with van der Waals surface area (Å²) in [5, 5.41) is 2.27. The number of rotatable bonds is 3. The molecule has 1 aromatic rings. The van der Waals surface area contributed by atoms with Crippen molar-refractivity contribution in [3.63, 3.8) is 0 Å². The number of benzene rings is 1. The van der Waals surface area contributed by atoms with Crippen molar-refractivity contribution in [3.05, 3.63) is 35.4 Å². The predicted octanol–water partition coefficient (Wildman–Crippen LogP) is 3.92. The molecule has 1 nitrogen and oxygen atoms in total. The van der Waals surface area contributed by atoms with Crippen LogP contribution in [0.1, 0.15) is 23.6 Å². The first-order valence-electron chi connectivity index (χ1n) is 5.05. The summed E-state index contributed by atoms with van der Waals surface area (Å²) >= 11 is 0. The highest BCUT2D eigenvalue weighted by Gasteiger charge is 2.38. The molecule has 0 aromatic heterocycles. The van der Waals surface area contributed by atoms with Crippen molar-refractivity contribution in [3.8, 4) is 0 Å². The quantitative estimate of drug-likeness (QED) is 0.822. The Bertz CT molecular complexity index is 395. The van der Waals surface area contributed by atoms with Gasteiger partial charge in [0, 0.05) is 6.04 Å². The van der Waals surface area contributed by atoms with Crippen LogP contribution in [0.4, 0.5) is 26.3 Å². The molecule has 0 heterocycles. The van der Waals surface area contributed by atoms with Crippen LogP contribution in [-0.4, -0.2) is 13.2 Å². The number of alkyl halides is 6. The zero-order valence-corrected chi connectivity index (χ0v) is 9.36. The minimum Gasteiger partial charge on any atom is -0.313 e. The van der Waals surface area contributed by atoms with Gasteiger partial charge >= 0.3 is 12.4 Å². The first-order chi connectivity index (χ1) is 8.15. The molecule has 7 heteroatoms. The van der Waals surface area contributed by atoms with Crippen LogP contribution >= 0.6 is 0 Å². The molecular weight excluding hydrogens is 260 g/mol. The van der Waals surface area contributed by atoms with E-state index in [2.05, 4.69) is 5.32 Å². The van der Waals surface area contributed by atoms with E-state index in [4.69, 9.17) is 0 Å². The second-order valence-corrected chi connectivity index (χ2v) is 3.75. The lowest BCUT2D eigenvalue weighted by molar-refractivity contribution is -0.145. The fraction of sp³-hybridized carbons (Fsp3) is 0.455. The SMILES string of the molecule is CNC(CC(F)(F)F)c1ccccc1C(F)(F)F. The number of hydrogen-bond acceptors (Lipinski definition) is 1. The monoisotopic (exact) mass is 271 g/mol. The van der Waals surface area contributed by atoms with Gasteiger partial charge in [0.2, 0.25) is 0 Å². The van der Waals surface area contributed by atoms with E-state index in [1.807, 2.05) is 0 Å². The van der Waals surface area contributed by atoms with Gasteiger partial charge in [0.1, 0.15) is 0 Å². The summed E-state index contributed by atoms with van der Waals surface area (Å²) < 4.78 is 74.9. The van der Waals surface area contributed by atoms with Crippen LogP contribution in [-0.2, 0) is 6.18 Å². The first-order valence-corrected chi connectivity index (χ1v) is 5.05. The molecule has 0 aliphatic rings. The molecule has 0 saturated heterocycles. The van der Waals surface area contributed by atoms with E-state index in [-0.39, 0.29) is 0 Å². The van der Waals surface area contributed by atoms with Gasteiger partial charge in [-0.2, -0.15) is 26.3 Å². The van der Waals surface area contributed by atoms with Crippen LogP contribution < -0.4 is 5.32 Å². The van der Waals surface area contributed by atoms with E-state index in [0.29, 0.717) is 0 Å². The van der Waals surface area contributed by atoms with Crippen molar-refractivity contribution in [2.24, 2.45) is 0 Å². The van der Waals surface area contributed by atoms with Crippen molar-refractivity contribution in [1.82, 2.24) is 5.32 Å². The molecule has 1 rings (SSSR count). The molecule has 102 valence electrons. The maximum absolute atomic E-state index is 12.7. The largest absolute Gasteiger partial charge is 0.416 e. The molecule has 0 aliphatic heterocycles. The summed E-state index contributed by atoms with van der Waals surface area (Å²) in [7, 11) is 1.20. The van der Waals surface area contributed by atoms with Gasteiger partial charge in [0.25, 0.3) is 0 Å². The highest BCUT2D eigenvalue weighted by Crippen LogP contribution is 2.37. The van der Waals surface area contributed by atoms with Crippen LogP contribution in [0, 0.1) is 0 Å². The molecule has 1 atom stereocenters. The summed E-state index contributed by atoms with van der Waals surface area (Å²) in [6, 6.07) is 2.84. The second-order valence-electron chi connectivity index (χ2n) is 3.75. The van der Waals surface area contributed by atoms with E-state index >= 15 is 0 Å². The lowest BCUT2D eigenvalue weighted by Crippen LogP contribution is -2.26. The standard InChI is InChI=1S/C11H11F6N/c1-18-9(6-10(12,13)14)7-4-2-3-5-8(7)11(15,16)17/h2-5,9,18H,6H2,1H3. The van der Waals surface area contributed by atoms with Crippen molar-refractivity contribution < 1.29 is 26.3 Å². The van der Waals surface area contributed by atoms with Crippen molar-refractivity contribution in [1.29, 1.82) is 0 Å². The van der Waals surface area contributed by atoms with Crippen LogP contribution in [0.2, 0.25) is 0 Å². The van der Waals surface area contributed by atoms with Gasteiger partial charge in [-0.3, -0.25) is 0 Å². The Kier molecular flexibility index (Phi) is 4.26. The molecule has 0 radical (unpaired) electrons. The van der Waals surface area contributed by atoms with Gasteiger partial charge in [0.15, 0.2) is 0 Å². The fourth-order valence-electron chi connectivity index (χ4n) is 1.66. The fourth-order valence-corrected chi connectivity index (χ4v) is 1.66. The highest BCUT2D eigenvalue weighted by atomic mass is 19.4. The molecular formula is C11H11F6N. The summed E-state index contributed by atoms with van der Waals surface area (Å²) in [4.78, 5) is 0. The van der Waals surface area contributed by atoms with Gasteiger partial charge < -0.3 is 5.32 Å². The number of halogens is 6. The van der Waals surface area contributed by atoms with E-state index in [1.165, 1.54) is 13.1 Å². The maximum atomic E-state index is 12.7. The zero-order chi connectivity index (χ0) is 14.0. The average molecular weight is 271 g/mol. The molecule has 0 bridgehead atoms. The van der Waals surface area contributed by atoms with E-state index in [0.717, 1.165) is 18.2 Å². The lowest BCUT2D eigenvalue weighted by Gasteiger charge is -2.22. The van der Waals surface area contributed by atoms with E-state index in [9.17, 15) is 26.3 Å². The second kappa shape index (κ2) is 5.17. The molecule has 0 aliphatic carbocycles. The summed E-state index contributed by atoms with van der Waals surface area (Å²) in [6.07, 6.45) is -10.6. The van der Waals surface area contributed by atoms with Crippen LogP contribution in [0.15, 0.2) is 24.3 Å². The lowest BCUT2D eigenvalue weighted by atomic mass is 9.97. The molecule has 0 saturated carbocycles. The van der Waals surface area contributed by atoms with Gasteiger partial charge in [-0.1, -0.05) is 18.2 Å². The van der Waals surface area contributed by atoms with E-state index < -0.39 is 35.9 Å². The van der Waals surface area contributed by atoms with Crippen molar-refractivity contribution in [2.45, 2.75) is 24.8 Å².